The molecule has 5 nitrogen and oxygen atoms in total. The third-order valence-electron chi connectivity index (χ3n) is 5.37. The van der Waals surface area contributed by atoms with E-state index in [9.17, 15) is 9.18 Å². The minimum Gasteiger partial charge on any atom is -0.493 e. The summed E-state index contributed by atoms with van der Waals surface area (Å²) in [7, 11) is -0.387. The Morgan fingerprint density at radius 1 is 1.07 bits per heavy atom. The Balaban J connectivity index is 1.56. The fourth-order valence-corrected chi connectivity index (χ4v) is 2.89. The molecule has 2 aromatic carbocycles. The molecule has 148 valence electrons. The Bertz CT molecular complexity index is 851. The van der Waals surface area contributed by atoms with Gasteiger partial charge < -0.3 is 19.8 Å². The lowest BCUT2D eigenvalue weighted by atomic mass is 9.79. The van der Waals surface area contributed by atoms with Crippen molar-refractivity contribution in [3.8, 4) is 5.75 Å². The average molecular weight is 385 g/mol. The third-order valence-corrected chi connectivity index (χ3v) is 5.37. The van der Waals surface area contributed by atoms with Gasteiger partial charge in [0.2, 0.25) is 0 Å². The molecule has 0 bridgehead atoms. The second kappa shape index (κ2) is 7.56. The predicted octanol–water partition coefficient (Wildman–Crippen LogP) is 2.85. The van der Waals surface area contributed by atoms with Crippen LogP contribution in [0, 0.1) is 5.82 Å². The van der Waals surface area contributed by atoms with Crippen molar-refractivity contribution in [2.24, 2.45) is 5.73 Å². The van der Waals surface area contributed by atoms with Crippen molar-refractivity contribution < 1.29 is 23.2 Å². The molecule has 0 unspecified atom stereocenters. The predicted molar refractivity (Wildman–Crippen MR) is 106 cm³/mol. The Labute approximate surface area is 165 Å². The lowest BCUT2D eigenvalue weighted by Crippen LogP contribution is -2.41. The van der Waals surface area contributed by atoms with Gasteiger partial charge in [-0.25, -0.2) is 4.39 Å². The van der Waals surface area contributed by atoms with Gasteiger partial charge in [-0.15, -0.1) is 0 Å². The minimum atomic E-state index is -0.800. The summed E-state index contributed by atoms with van der Waals surface area (Å²) in [6.45, 7) is 8.48. The standard InChI is InChI=1S/C21H25BFNO4/c1-20(2)21(3,4)28-22(27-20)15-7-5-14(6-8-15)11-12-26-16-9-10-17(19(24)25)18(23)13-16/h5-10,13H,11-12H2,1-4H3,(H2,24,25). The Morgan fingerprint density at radius 2 is 1.68 bits per heavy atom. The first-order valence-electron chi connectivity index (χ1n) is 9.26. The number of ether oxygens (including phenoxy) is 1. The quantitative estimate of drug-likeness (QED) is 0.777. The number of carbonyl (C=O) groups is 1. The first-order valence-corrected chi connectivity index (χ1v) is 9.26. The lowest BCUT2D eigenvalue weighted by molar-refractivity contribution is 0.00578. The van der Waals surface area contributed by atoms with Crippen molar-refractivity contribution in [1.29, 1.82) is 0 Å². The fraction of sp³-hybridized carbons (Fsp3) is 0.381. The summed E-state index contributed by atoms with van der Waals surface area (Å²) in [6, 6.07) is 12.0. The maximum atomic E-state index is 13.7. The van der Waals surface area contributed by atoms with Crippen molar-refractivity contribution in [2.45, 2.75) is 45.3 Å². The van der Waals surface area contributed by atoms with E-state index < -0.39 is 11.7 Å². The summed E-state index contributed by atoms with van der Waals surface area (Å²) in [6.07, 6.45) is 0.656. The SMILES string of the molecule is CC1(C)OB(c2ccc(CCOc3ccc(C(N)=O)c(F)c3)cc2)OC1(C)C. The summed E-state index contributed by atoms with van der Waals surface area (Å²) >= 11 is 0. The van der Waals surface area contributed by atoms with Gasteiger partial charge in [-0.1, -0.05) is 24.3 Å². The molecule has 1 aliphatic rings. The first kappa shape index (κ1) is 20.4. The number of carbonyl (C=O) groups excluding carboxylic acids is 1. The van der Waals surface area contributed by atoms with E-state index in [2.05, 4.69) is 0 Å². The number of amides is 1. The van der Waals surface area contributed by atoms with Gasteiger partial charge in [0.05, 0.1) is 23.4 Å². The summed E-state index contributed by atoms with van der Waals surface area (Å²) < 4.78 is 31.4. The maximum absolute atomic E-state index is 13.7. The second-order valence-electron chi connectivity index (χ2n) is 7.93. The number of primary amides is 1. The van der Waals surface area contributed by atoms with Gasteiger partial charge in [0.25, 0.3) is 5.91 Å². The van der Waals surface area contributed by atoms with Gasteiger partial charge in [-0.05, 0) is 50.9 Å². The highest BCUT2D eigenvalue weighted by Crippen LogP contribution is 2.36. The molecule has 3 rings (SSSR count). The first-order chi connectivity index (χ1) is 13.1. The van der Waals surface area contributed by atoms with Crippen LogP contribution in [0.2, 0.25) is 0 Å². The van der Waals surface area contributed by atoms with Gasteiger partial charge >= 0.3 is 7.12 Å². The second-order valence-corrected chi connectivity index (χ2v) is 7.93. The van der Waals surface area contributed by atoms with Crippen molar-refractivity contribution in [1.82, 2.24) is 0 Å². The molecule has 1 amide bonds. The van der Waals surface area contributed by atoms with E-state index in [1.165, 1.54) is 18.2 Å². The summed E-state index contributed by atoms with van der Waals surface area (Å²) in [5, 5.41) is 0. The molecule has 7 heteroatoms. The van der Waals surface area contributed by atoms with E-state index in [-0.39, 0.29) is 23.9 Å². The molecular formula is C21H25BFNO4. The molecule has 0 radical (unpaired) electrons. The van der Waals surface area contributed by atoms with Gasteiger partial charge in [0, 0.05) is 12.5 Å². The van der Waals surface area contributed by atoms with Gasteiger partial charge in [-0.2, -0.15) is 0 Å². The molecule has 1 fully saturated rings. The topological polar surface area (TPSA) is 70.8 Å². The molecule has 0 aromatic heterocycles. The van der Waals surface area contributed by atoms with E-state index in [0.29, 0.717) is 18.8 Å². The largest absolute Gasteiger partial charge is 0.494 e. The summed E-state index contributed by atoms with van der Waals surface area (Å²) in [4.78, 5) is 11.0. The molecule has 28 heavy (non-hydrogen) atoms. The molecule has 1 heterocycles. The number of nitrogens with two attached hydrogens (primary N) is 1. The minimum absolute atomic E-state index is 0.148. The molecule has 0 spiro atoms. The van der Waals surface area contributed by atoms with Crippen LogP contribution in [-0.2, 0) is 15.7 Å². The molecule has 2 aromatic rings. The molecule has 0 atom stereocenters. The van der Waals surface area contributed by atoms with Gasteiger partial charge in [0.15, 0.2) is 0 Å². The van der Waals surface area contributed by atoms with Crippen LogP contribution in [-0.4, -0.2) is 30.8 Å². The number of halogens is 1. The van der Waals surface area contributed by atoms with Crippen LogP contribution in [0.15, 0.2) is 42.5 Å². The van der Waals surface area contributed by atoms with Crippen LogP contribution < -0.4 is 15.9 Å². The summed E-state index contributed by atoms with van der Waals surface area (Å²) in [5.41, 5.74) is 6.24. The van der Waals surface area contributed by atoms with E-state index in [1.54, 1.807) is 0 Å². The zero-order valence-electron chi connectivity index (χ0n) is 16.6. The highest BCUT2D eigenvalue weighted by molar-refractivity contribution is 6.62. The van der Waals surface area contributed by atoms with Crippen LogP contribution in [0.3, 0.4) is 0 Å². The van der Waals surface area contributed by atoms with Crippen LogP contribution in [0.5, 0.6) is 5.75 Å². The van der Waals surface area contributed by atoms with Crippen LogP contribution in [0.25, 0.3) is 0 Å². The van der Waals surface area contributed by atoms with Crippen molar-refractivity contribution >= 4 is 18.5 Å². The number of rotatable bonds is 6. The highest BCUT2D eigenvalue weighted by Gasteiger charge is 2.51. The number of benzene rings is 2. The van der Waals surface area contributed by atoms with Gasteiger partial charge in [-0.3, -0.25) is 4.79 Å². The van der Waals surface area contributed by atoms with E-state index in [0.717, 1.165) is 11.0 Å². The number of hydrogen-bond donors (Lipinski definition) is 1. The summed E-state index contributed by atoms with van der Waals surface area (Å²) in [5.74, 6) is -1.13. The maximum Gasteiger partial charge on any atom is 0.494 e. The van der Waals surface area contributed by atoms with Crippen molar-refractivity contribution in [3.05, 3.63) is 59.4 Å². The highest BCUT2D eigenvalue weighted by atomic mass is 19.1. The Hall–Kier alpha value is -2.38. The Morgan fingerprint density at radius 3 is 2.21 bits per heavy atom. The van der Waals surface area contributed by atoms with Crippen molar-refractivity contribution in [2.75, 3.05) is 6.61 Å². The lowest BCUT2D eigenvalue weighted by Gasteiger charge is -2.32. The Kier molecular flexibility index (Phi) is 5.50. The molecule has 1 saturated heterocycles. The van der Waals surface area contributed by atoms with Crippen LogP contribution in [0.1, 0.15) is 43.6 Å². The van der Waals surface area contributed by atoms with E-state index >= 15 is 0 Å². The molecule has 0 saturated carbocycles. The number of hydrogen-bond acceptors (Lipinski definition) is 4. The molecule has 0 aliphatic carbocycles. The van der Waals surface area contributed by atoms with Gasteiger partial charge in [0.1, 0.15) is 11.6 Å². The zero-order chi connectivity index (χ0) is 20.5. The third kappa shape index (κ3) is 4.21. The monoisotopic (exact) mass is 385 g/mol. The average Bonchev–Trinajstić information content (AvgIpc) is 2.83. The molecular weight excluding hydrogens is 360 g/mol. The van der Waals surface area contributed by atoms with Crippen LogP contribution in [0.4, 0.5) is 4.39 Å². The van der Waals surface area contributed by atoms with Crippen LogP contribution >= 0.6 is 0 Å². The molecule has 1 aliphatic heterocycles. The zero-order valence-corrected chi connectivity index (χ0v) is 16.6. The van der Waals surface area contributed by atoms with E-state index in [4.69, 9.17) is 19.8 Å². The van der Waals surface area contributed by atoms with Crippen molar-refractivity contribution in [3.63, 3.8) is 0 Å². The van der Waals surface area contributed by atoms with E-state index in [1.807, 2.05) is 52.0 Å². The molecule has 2 N–H and O–H groups in total. The smallest absolute Gasteiger partial charge is 0.493 e. The normalized spacial score (nSPS) is 17.5. The fourth-order valence-electron chi connectivity index (χ4n) is 2.89.